The SMILES string of the molecule is CCN(c1ccccc1)S(=O)(=O)c1ccc(C(=O)NCCN2CCN(c3nc4c(F)cc(F)cc4s3)CC2)cc1.Cl. The number of rotatable bonds is 9. The fourth-order valence-corrected chi connectivity index (χ4v) is 7.19. The van der Waals surface area contributed by atoms with Crippen molar-refractivity contribution in [2.75, 3.05) is 55.0 Å². The number of carbonyl (C=O) groups is 1. The van der Waals surface area contributed by atoms with Crippen LogP contribution in [0.3, 0.4) is 0 Å². The van der Waals surface area contributed by atoms with Crippen molar-refractivity contribution >= 4 is 60.7 Å². The third-order valence-corrected chi connectivity index (χ3v) is 9.77. The Morgan fingerprint density at radius 1 is 1.02 bits per heavy atom. The molecule has 1 amide bonds. The Bertz CT molecular complexity index is 1600. The van der Waals surface area contributed by atoms with Crippen LogP contribution < -0.4 is 14.5 Å². The first-order chi connectivity index (χ1) is 19.3. The maximum atomic E-state index is 14.0. The van der Waals surface area contributed by atoms with Crippen molar-refractivity contribution < 1.29 is 22.0 Å². The first-order valence-corrected chi connectivity index (χ1v) is 15.2. The van der Waals surface area contributed by atoms with Crippen LogP contribution in [0.4, 0.5) is 19.6 Å². The van der Waals surface area contributed by atoms with Gasteiger partial charge in [-0.2, -0.15) is 0 Å². The van der Waals surface area contributed by atoms with Crippen molar-refractivity contribution in [3.8, 4) is 0 Å². The van der Waals surface area contributed by atoms with Gasteiger partial charge in [-0.1, -0.05) is 29.5 Å². The first-order valence-electron chi connectivity index (χ1n) is 12.9. The quantitative estimate of drug-likeness (QED) is 0.290. The molecule has 0 bridgehead atoms. The third-order valence-electron chi connectivity index (χ3n) is 6.79. The molecular weight excluding hydrogens is 592 g/mol. The molecule has 13 heteroatoms. The van der Waals surface area contributed by atoms with E-state index >= 15 is 0 Å². The fourth-order valence-electron chi connectivity index (χ4n) is 4.66. The summed E-state index contributed by atoms with van der Waals surface area (Å²) in [4.78, 5) is 21.4. The Kier molecular flexibility index (Phi) is 9.80. The molecule has 0 spiro atoms. The topological polar surface area (TPSA) is 85.8 Å². The molecule has 8 nitrogen and oxygen atoms in total. The molecule has 5 rings (SSSR count). The summed E-state index contributed by atoms with van der Waals surface area (Å²) in [5.41, 5.74) is 1.15. The highest BCUT2D eigenvalue weighted by Gasteiger charge is 2.24. The number of aromatic nitrogens is 1. The number of hydrogen-bond donors (Lipinski definition) is 1. The van der Waals surface area contributed by atoms with E-state index in [-0.39, 0.29) is 35.3 Å². The third kappa shape index (κ3) is 6.78. The van der Waals surface area contributed by atoms with Gasteiger partial charge in [0.15, 0.2) is 10.9 Å². The molecule has 41 heavy (non-hydrogen) atoms. The molecule has 218 valence electrons. The Morgan fingerprint density at radius 3 is 2.37 bits per heavy atom. The Labute approximate surface area is 248 Å². The minimum atomic E-state index is -3.76. The van der Waals surface area contributed by atoms with Crippen LogP contribution in [0.25, 0.3) is 10.2 Å². The maximum absolute atomic E-state index is 14.0. The average Bonchev–Trinajstić information content (AvgIpc) is 3.39. The number of para-hydroxylation sites is 1. The molecule has 1 aliphatic rings. The summed E-state index contributed by atoms with van der Waals surface area (Å²) in [7, 11) is -3.76. The summed E-state index contributed by atoms with van der Waals surface area (Å²) in [6.07, 6.45) is 0. The van der Waals surface area contributed by atoms with Crippen molar-refractivity contribution in [2.45, 2.75) is 11.8 Å². The highest BCUT2D eigenvalue weighted by molar-refractivity contribution is 7.92. The van der Waals surface area contributed by atoms with Gasteiger partial charge in [0.25, 0.3) is 15.9 Å². The predicted octanol–water partition coefficient (Wildman–Crippen LogP) is 4.76. The smallest absolute Gasteiger partial charge is 0.264 e. The second kappa shape index (κ2) is 13.1. The molecule has 1 saturated heterocycles. The van der Waals surface area contributed by atoms with Crippen LogP contribution in [-0.2, 0) is 10.0 Å². The van der Waals surface area contributed by atoms with Gasteiger partial charge in [-0.05, 0) is 49.4 Å². The number of hydrogen-bond acceptors (Lipinski definition) is 7. The van der Waals surface area contributed by atoms with Crippen molar-refractivity contribution in [3.05, 3.63) is 83.9 Å². The fraction of sp³-hybridized carbons (Fsp3) is 0.286. The van der Waals surface area contributed by atoms with Gasteiger partial charge >= 0.3 is 0 Å². The standard InChI is InChI=1S/C28H29F2N5O3S2.ClH/c1-2-35(22-6-4-3-5-7-22)40(37,38)23-10-8-20(9-11-23)27(36)31-12-13-33-14-16-34(17-15-33)28-32-26-24(30)18-21(29)19-25(26)39-28;/h3-11,18-19H,2,12-17H2,1H3,(H,31,36);1H. The molecule has 4 aromatic rings. The number of amides is 1. The lowest BCUT2D eigenvalue weighted by atomic mass is 10.2. The van der Waals surface area contributed by atoms with Crippen molar-refractivity contribution in [1.29, 1.82) is 0 Å². The number of nitrogens with one attached hydrogen (secondary N) is 1. The lowest BCUT2D eigenvalue weighted by Crippen LogP contribution is -2.48. The van der Waals surface area contributed by atoms with Crippen molar-refractivity contribution in [2.24, 2.45) is 0 Å². The zero-order valence-corrected chi connectivity index (χ0v) is 24.7. The van der Waals surface area contributed by atoms with Gasteiger partial charge < -0.3 is 10.2 Å². The number of piperazine rings is 1. The minimum absolute atomic E-state index is 0. The van der Waals surface area contributed by atoms with E-state index in [4.69, 9.17) is 0 Å². The number of benzene rings is 3. The number of carbonyl (C=O) groups excluding carboxylic acids is 1. The van der Waals surface area contributed by atoms with Crippen LogP contribution >= 0.6 is 23.7 Å². The molecule has 0 radical (unpaired) electrons. The first kappa shape index (κ1) is 30.6. The summed E-state index contributed by atoms with van der Waals surface area (Å²) in [6, 6.07) is 17.0. The summed E-state index contributed by atoms with van der Waals surface area (Å²) in [6.45, 7) is 5.99. The Balaban J connectivity index is 0.00000387. The number of sulfonamides is 1. The van der Waals surface area contributed by atoms with Gasteiger partial charge in [0.2, 0.25) is 0 Å². The molecule has 2 heterocycles. The molecule has 1 fully saturated rings. The van der Waals surface area contributed by atoms with E-state index in [1.807, 2.05) is 6.07 Å². The molecule has 0 saturated carbocycles. The lowest BCUT2D eigenvalue weighted by molar-refractivity contribution is 0.0947. The highest BCUT2D eigenvalue weighted by Crippen LogP contribution is 2.31. The van der Waals surface area contributed by atoms with Gasteiger partial charge in [0, 0.05) is 57.4 Å². The number of halogens is 3. The van der Waals surface area contributed by atoms with Crippen LogP contribution in [-0.4, -0.2) is 70.0 Å². The number of fused-ring (bicyclic) bond motifs is 1. The van der Waals surface area contributed by atoms with E-state index in [1.54, 1.807) is 31.2 Å². The zero-order valence-electron chi connectivity index (χ0n) is 22.3. The molecule has 1 N–H and O–H groups in total. The summed E-state index contributed by atoms with van der Waals surface area (Å²) in [5.74, 6) is -1.54. The summed E-state index contributed by atoms with van der Waals surface area (Å²) < 4.78 is 55.7. The summed E-state index contributed by atoms with van der Waals surface area (Å²) >= 11 is 1.28. The van der Waals surface area contributed by atoms with Crippen LogP contribution in [0.5, 0.6) is 0 Å². The second-order valence-electron chi connectivity index (χ2n) is 9.35. The number of anilines is 2. The van der Waals surface area contributed by atoms with E-state index in [0.29, 0.717) is 47.3 Å². The Morgan fingerprint density at radius 2 is 1.71 bits per heavy atom. The number of nitrogens with zero attached hydrogens (tertiary/aromatic N) is 4. The number of thiazole rings is 1. The normalized spacial score (nSPS) is 14.1. The average molecular weight is 622 g/mol. The maximum Gasteiger partial charge on any atom is 0.264 e. The summed E-state index contributed by atoms with van der Waals surface area (Å²) in [5, 5.41) is 3.56. The predicted molar refractivity (Wildman–Crippen MR) is 161 cm³/mol. The molecular formula is C28H30ClF2N5O3S2. The second-order valence-corrected chi connectivity index (χ2v) is 12.2. The van der Waals surface area contributed by atoms with Gasteiger partial charge in [-0.25, -0.2) is 22.2 Å². The molecule has 0 aliphatic carbocycles. The van der Waals surface area contributed by atoms with Crippen LogP contribution in [0.2, 0.25) is 0 Å². The van der Waals surface area contributed by atoms with Crippen molar-refractivity contribution in [1.82, 2.24) is 15.2 Å². The molecule has 1 aromatic heterocycles. The van der Waals surface area contributed by atoms with Crippen LogP contribution in [0.1, 0.15) is 17.3 Å². The highest BCUT2D eigenvalue weighted by atomic mass is 35.5. The van der Waals surface area contributed by atoms with Crippen LogP contribution in [0, 0.1) is 11.6 Å². The largest absolute Gasteiger partial charge is 0.351 e. The van der Waals surface area contributed by atoms with E-state index in [1.165, 1.54) is 46.0 Å². The van der Waals surface area contributed by atoms with E-state index in [9.17, 15) is 22.0 Å². The van der Waals surface area contributed by atoms with Crippen LogP contribution in [0.15, 0.2) is 71.6 Å². The molecule has 3 aromatic carbocycles. The minimum Gasteiger partial charge on any atom is -0.351 e. The van der Waals surface area contributed by atoms with Gasteiger partial charge in [0.05, 0.1) is 15.3 Å². The lowest BCUT2D eigenvalue weighted by Gasteiger charge is -2.34. The van der Waals surface area contributed by atoms with E-state index < -0.39 is 21.7 Å². The molecule has 0 unspecified atom stereocenters. The van der Waals surface area contributed by atoms with E-state index in [0.717, 1.165) is 19.2 Å². The Hall–Kier alpha value is -3.32. The zero-order chi connectivity index (χ0) is 28.3. The van der Waals surface area contributed by atoms with Crippen molar-refractivity contribution in [3.63, 3.8) is 0 Å². The molecule has 1 aliphatic heterocycles. The van der Waals surface area contributed by atoms with Gasteiger partial charge in [0.1, 0.15) is 11.3 Å². The van der Waals surface area contributed by atoms with E-state index in [2.05, 4.69) is 20.1 Å². The molecule has 0 atom stereocenters. The van der Waals surface area contributed by atoms with Gasteiger partial charge in [-0.15, -0.1) is 12.4 Å². The monoisotopic (exact) mass is 621 g/mol. The van der Waals surface area contributed by atoms with Gasteiger partial charge in [-0.3, -0.25) is 14.0 Å².